The van der Waals surface area contributed by atoms with Crippen molar-refractivity contribution in [2.45, 2.75) is 83.7 Å². The first-order valence-corrected chi connectivity index (χ1v) is 19.0. The lowest BCUT2D eigenvalue weighted by Gasteiger charge is -2.36. The second-order valence-corrected chi connectivity index (χ2v) is 20.7. The maximum atomic E-state index is 12.8. The second-order valence-electron chi connectivity index (χ2n) is 13.9. The predicted molar refractivity (Wildman–Crippen MR) is 182 cm³/mol. The topological polar surface area (TPSA) is 126 Å². The molecule has 0 amide bonds. The van der Waals surface area contributed by atoms with Crippen LogP contribution in [0.4, 0.5) is 0 Å². The van der Waals surface area contributed by atoms with Gasteiger partial charge in [-0.2, -0.15) is 10.2 Å². The van der Waals surface area contributed by atoms with Crippen LogP contribution in [0.15, 0.2) is 73.2 Å². The van der Waals surface area contributed by atoms with Crippen LogP contribution < -0.4 is 4.72 Å². The van der Waals surface area contributed by atoms with Crippen LogP contribution in [0.5, 0.6) is 0 Å². The molecule has 5 rings (SSSR count). The average Bonchev–Trinajstić information content (AvgIpc) is 3.65. The summed E-state index contributed by atoms with van der Waals surface area (Å²) in [5.74, 6) is 0.670. The molecule has 10 nitrogen and oxygen atoms in total. The second kappa shape index (κ2) is 12.1. The van der Waals surface area contributed by atoms with Crippen molar-refractivity contribution < 1.29 is 14.1 Å². The van der Waals surface area contributed by atoms with E-state index in [9.17, 15) is 9.66 Å². The molecule has 4 heterocycles. The summed E-state index contributed by atoms with van der Waals surface area (Å²) in [6.45, 7) is 18.7. The fraction of sp³-hybridized carbons (Fsp3) is 0.394. The minimum Gasteiger partial charge on any atom is -0.598 e. The number of pyridine rings is 2. The highest BCUT2D eigenvalue weighted by Gasteiger charge is 2.38. The van der Waals surface area contributed by atoms with Gasteiger partial charge in [-0.05, 0) is 88.3 Å². The molecule has 0 saturated heterocycles. The van der Waals surface area contributed by atoms with Gasteiger partial charge in [0.25, 0.3) is 0 Å². The lowest BCUT2D eigenvalue weighted by atomic mass is 10.1. The molecule has 4 aromatic heterocycles. The third kappa shape index (κ3) is 7.06. The Hall–Kier alpha value is -3.39. The van der Waals surface area contributed by atoms with Crippen molar-refractivity contribution >= 4 is 30.6 Å². The molecule has 45 heavy (non-hydrogen) atoms. The molecular weight excluding hydrogens is 603 g/mol. The van der Waals surface area contributed by atoms with E-state index >= 15 is 0 Å². The minimum absolute atomic E-state index is 0.0979. The summed E-state index contributed by atoms with van der Waals surface area (Å²) in [6, 6.07) is 17.2. The van der Waals surface area contributed by atoms with Crippen molar-refractivity contribution in [1.29, 1.82) is 0 Å². The molecule has 0 bridgehead atoms. The normalized spacial score (nSPS) is 14.9. The Kier molecular flexibility index (Phi) is 8.86. The van der Waals surface area contributed by atoms with Crippen LogP contribution in [0.1, 0.15) is 59.9 Å². The Balaban J connectivity index is 1.57. The van der Waals surface area contributed by atoms with Crippen molar-refractivity contribution in [1.82, 2.24) is 34.3 Å². The standard InChI is InChI=1S/C33H43N7O3SSi/c1-31(2,3)44(42)38-33(7,41)29-15-11-14-26(37-29)23-19-27(39-18-12-17-34-39)25-21-35-40(28(25)20-23)30-16-10-13-24(36-30)22-43-45(8,9)32(4,5)6/h10-21,38,41H,22H2,1-9H3. The molecule has 2 N–H and O–H groups in total. The summed E-state index contributed by atoms with van der Waals surface area (Å²) in [6.07, 6.45) is 5.43. The number of hydrogen-bond donors (Lipinski definition) is 2. The van der Waals surface area contributed by atoms with Gasteiger partial charge in [-0.15, -0.1) is 4.72 Å². The fourth-order valence-electron chi connectivity index (χ4n) is 4.43. The Morgan fingerprint density at radius 1 is 0.956 bits per heavy atom. The first-order chi connectivity index (χ1) is 21.0. The molecule has 2 unspecified atom stereocenters. The van der Waals surface area contributed by atoms with Crippen LogP contribution in [0.3, 0.4) is 0 Å². The average molecular weight is 646 g/mol. The van der Waals surface area contributed by atoms with Crippen molar-refractivity contribution in [2.24, 2.45) is 0 Å². The Labute approximate surface area is 269 Å². The van der Waals surface area contributed by atoms with Gasteiger partial charge in [0.05, 0.1) is 41.1 Å². The molecule has 0 aliphatic heterocycles. The van der Waals surface area contributed by atoms with Gasteiger partial charge >= 0.3 is 0 Å². The largest absolute Gasteiger partial charge is 0.598 e. The van der Waals surface area contributed by atoms with Gasteiger partial charge in [-0.3, -0.25) is 0 Å². The van der Waals surface area contributed by atoms with E-state index in [2.05, 4.69) is 43.7 Å². The van der Waals surface area contributed by atoms with Gasteiger partial charge in [0.2, 0.25) is 0 Å². The number of nitrogens with one attached hydrogen (secondary N) is 1. The summed E-state index contributed by atoms with van der Waals surface area (Å²) in [7, 11) is -1.95. The quantitative estimate of drug-likeness (QED) is 0.107. The maximum absolute atomic E-state index is 12.8. The highest BCUT2D eigenvalue weighted by atomic mass is 32.2. The maximum Gasteiger partial charge on any atom is 0.197 e. The molecule has 12 heteroatoms. The summed E-state index contributed by atoms with van der Waals surface area (Å²) in [5.41, 5.74) is 2.62. The van der Waals surface area contributed by atoms with Gasteiger partial charge in [0.1, 0.15) is 4.75 Å². The van der Waals surface area contributed by atoms with E-state index in [4.69, 9.17) is 19.5 Å². The summed E-state index contributed by atoms with van der Waals surface area (Å²) in [4.78, 5) is 9.74. The highest BCUT2D eigenvalue weighted by Crippen LogP contribution is 2.37. The smallest absolute Gasteiger partial charge is 0.197 e. The van der Waals surface area contributed by atoms with Gasteiger partial charge < -0.3 is 14.1 Å². The van der Waals surface area contributed by atoms with Crippen molar-refractivity contribution in [3.8, 4) is 22.8 Å². The van der Waals surface area contributed by atoms with Crippen LogP contribution in [0.25, 0.3) is 33.7 Å². The molecule has 0 aliphatic rings. The summed E-state index contributed by atoms with van der Waals surface area (Å²) >= 11 is -1.51. The third-order valence-corrected chi connectivity index (χ3v) is 14.4. The minimum atomic E-state index is -1.95. The predicted octanol–water partition coefficient (Wildman–Crippen LogP) is 6.41. The van der Waals surface area contributed by atoms with E-state index in [0.29, 0.717) is 23.8 Å². The van der Waals surface area contributed by atoms with E-state index in [0.717, 1.165) is 27.8 Å². The molecule has 2 atom stereocenters. The van der Waals surface area contributed by atoms with Gasteiger partial charge in [-0.1, -0.05) is 32.9 Å². The molecule has 0 aliphatic carbocycles. The van der Waals surface area contributed by atoms with E-state index in [1.807, 2.05) is 86.4 Å². The van der Waals surface area contributed by atoms with E-state index in [-0.39, 0.29) is 5.04 Å². The zero-order valence-electron chi connectivity index (χ0n) is 27.5. The van der Waals surface area contributed by atoms with E-state index < -0.39 is 30.2 Å². The molecule has 238 valence electrons. The zero-order valence-corrected chi connectivity index (χ0v) is 29.3. The summed E-state index contributed by atoms with van der Waals surface area (Å²) < 4.78 is 25.1. The zero-order chi connectivity index (χ0) is 32.8. The van der Waals surface area contributed by atoms with Crippen molar-refractivity contribution in [3.05, 3.63) is 84.6 Å². The number of benzene rings is 1. The van der Waals surface area contributed by atoms with Crippen molar-refractivity contribution in [3.63, 3.8) is 0 Å². The molecule has 1 aromatic carbocycles. The van der Waals surface area contributed by atoms with Crippen LogP contribution in [0, 0.1) is 0 Å². The SMILES string of the molecule is CC(O)(N[S+]([O-])C(C)(C)C)c1cccc(-c2cc(-n3cccn3)c3cnn(-c4cccc(CO[Si](C)(C)C(C)(C)C)n4)c3c2)n1. The monoisotopic (exact) mass is 645 g/mol. The van der Waals surface area contributed by atoms with Crippen LogP contribution in [0.2, 0.25) is 18.1 Å². The van der Waals surface area contributed by atoms with E-state index in [1.54, 1.807) is 23.9 Å². The third-order valence-electron chi connectivity index (χ3n) is 8.21. The number of fused-ring (bicyclic) bond motifs is 1. The number of aliphatic hydroxyl groups is 1. The first kappa shape index (κ1) is 33.0. The van der Waals surface area contributed by atoms with Crippen LogP contribution >= 0.6 is 0 Å². The molecule has 0 saturated carbocycles. The molecule has 0 spiro atoms. The van der Waals surface area contributed by atoms with Gasteiger partial charge in [0, 0.05) is 34.7 Å². The van der Waals surface area contributed by atoms with Crippen LogP contribution in [-0.4, -0.2) is 52.3 Å². The number of rotatable bonds is 9. The van der Waals surface area contributed by atoms with Gasteiger partial charge in [-0.25, -0.2) is 19.3 Å². The van der Waals surface area contributed by atoms with E-state index in [1.165, 1.54) is 0 Å². The Bertz CT molecular complexity index is 1790. The number of hydrogen-bond acceptors (Lipinski definition) is 8. The molecule has 0 radical (unpaired) electrons. The number of aromatic nitrogens is 6. The van der Waals surface area contributed by atoms with Crippen LogP contribution in [-0.2, 0) is 28.1 Å². The lowest BCUT2D eigenvalue weighted by molar-refractivity contribution is 0.0401. The fourth-order valence-corrected chi connectivity index (χ4v) is 6.14. The summed E-state index contributed by atoms with van der Waals surface area (Å²) in [5, 5.41) is 21.5. The molecule has 0 fully saturated rings. The molecule has 5 aromatic rings. The van der Waals surface area contributed by atoms with Crippen molar-refractivity contribution in [2.75, 3.05) is 0 Å². The highest BCUT2D eigenvalue weighted by molar-refractivity contribution is 7.90. The number of nitrogens with zero attached hydrogens (tertiary/aromatic N) is 6. The first-order valence-electron chi connectivity index (χ1n) is 15.0. The van der Waals surface area contributed by atoms with Gasteiger partial charge in [0.15, 0.2) is 19.9 Å². The lowest BCUT2D eigenvalue weighted by Crippen LogP contribution is -2.50. The molecular formula is C33H43N7O3SSi. The Morgan fingerprint density at radius 3 is 2.36 bits per heavy atom. The Morgan fingerprint density at radius 2 is 1.69 bits per heavy atom.